The van der Waals surface area contributed by atoms with Crippen molar-refractivity contribution >= 4 is 22.9 Å². The van der Waals surface area contributed by atoms with Crippen LogP contribution in [-0.4, -0.2) is 18.6 Å². The average molecular weight is 250 g/mol. The van der Waals surface area contributed by atoms with Crippen LogP contribution in [0.4, 0.5) is 5.69 Å². The molecule has 0 fully saturated rings. The Hall–Kier alpha value is -1.09. The summed E-state index contributed by atoms with van der Waals surface area (Å²) >= 11 is 5.09. The summed E-state index contributed by atoms with van der Waals surface area (Å²) in [5.74, 6) is 0. The Morgan fingerprint density at radius 2 is 1.94 bits per heavy atom. The summed E-state index contributed by atoms with van der Waals surface area (Å²) in [7, 11) is 2.11. The van der Waals surface area contributed by atoms with Crippen LogP contribution in [0, 0.1) is 12.3 Å². The van der Waals surface area contributed by atoms with Gasteiger partial charge in [0.25, 0.3) is 0 Å². The molecule has 1 rings (SSSR count). The SMILES string of the molecule is Cc1ccccc1N(C)CCC(C)(C)C(N)=S. The van der Waals surface area contributed by atoms with Crippen LogP contribution in [0.1, 0.15) is 25.8 Å². The first-order valence-electron chi connectivity index (χ1n) is 5.91. The second kappa shape index (κ2) is 5.50. The number of rotatable bonds is 5. The standard InChI is InChI=1S/C14H22N2S/c1-11-7-5-6-8-12(11)16(4)10-9-14(2,3)13(15)17/h5-8H,9-10H2,1-4H3,(H2,15,17). The fraction of sp³-hybridized carbons (Fsp3) is 0.500. The van der Waals surface area contributed by atoms with Gasteiger partial charge < -0.3 is 10.6 Å². The highest BCUT2D eigenvalue weighted by Crippen LogP contribution is 2.24. The highest BCUT2D eigenvalue weighted by Gasteiger charge is 2.21. The third kappa shape index (κ3) is 3.70. The predicted molar refractivity (Wildman–Crippen MR) is 79.6 cm³/mol. The third-order valence-electron chi connectivity index (χ3n) is 3.27. The second-order valence-electron chi connectivity index (χ2n) is 5.21. The minimum absolute atomic E-state index is 0.0771. The van der Waals surface area contributed by atoms with Gasteiger partial charge in [0.2, 0.25) is 0 Å². The number of benzene rings is 1. The molecule has 0 aromatic heterocycles. The fourth-order valence-electron chi connectivity index (χ4n) is 1.68. The van der Waals surface area contributed by atoms with Crippen LogP contribution in [0.2, 0.25) is 0 Å². The molecule has 2 nitrogen and oxygen atoms in total. The molecule has 17 heavy (non-hydrogen) atoms. The van der Waals surface area contributed by atoms with Crippen molar-refractivity contribution in [1.82, 2.24) is 0 Å². The average Bonchev–Trinajstić information content (AvgIpc) is 2.26. The van der Waals surface area contributed by atoms with Gasteiger partial charge in [-0.2, -0.15) is 0 Å². The molecule has 0 spiro atoms. The molecule has 0 aliphatic carbocycles. The van der Waals surface area contributed by atoms with E-state index in [9.17, 15) is 0 Å². The smallest absolute Gasteiger partial charge is 0.0785 e. The van der Waals surface area contributed by atoms with Gasteiger partial charge in [0.05, 0.1) is 4.99 Å². The number of para-hydroxylation sites is 1. The molecule has 0 unspecified atom stereocenters. The van der Waals surface area contributed by atoms with Crippen molar-refractivity contribution in [3.63, 3.8) is 0 Å². The second-order valence-corrected chi connectivity index (χ2v) is 5.65. The molecule has 94 valence electrons. The van der Waals surface area contributed by atoms with Crippen LogP contribution in [0.25, 0.3) is 0 Å². The number of hydrogen-bond donors (Lipinski definition) is 1. The van der Waals surface area contributed by atoms with Gasteiger partial charge in [0.1, 0.15) is 0 Å². The minimum Gasteiger partial charge on any atom is -0.393 e. The van der Waals surface area contributed by atoms with Crippen LogP contribution in [0.3, 0.4) is 0 Å². The van der Waals surface area contributed by atoms with E-state index in [2.05, 4.69) is 57.0 Å². The van der Waals surface area contributed by atoms with E-state index in [1.54, 1.807) is 0 Å². The summed E-state index contributed by atoms with van der Waals surface area (Å²) in [5.41, 5.74) is 8.23. The van der Waals surface area contributed by atoms with Crippen molar-refractivity contribution in [2.75, 3.05) is 18.5 Å². The molecule has 0 radical (unpaired) electrons. The van der Waals surface area contributed by atoms with Gasteiger partial charge >= 0.3 is 0 Å². The number of hydrogen-bond acceptors (Lipinski definition) is 2. The Labute approximate surface area is 110 Å². The van der Waals surface area contributed by atoms with Crippen LogP contribution in [-0.2, 0) is 0 Å². The van der Waals surface area contributed by atoms with E-state index in [0.29, 0.717) is 4.99 Å². The molecule has 1 aromatic carbocycles. The summed E-state index contributed by atoms with van der Waals surface area (Å²) in [6.45, 7) is 7.28. The molecule has 0 aliphatic rings. The summed E-state index contributed by atoms with van der Waals surface area (Å²) in [6, 6.07) is 8.40. The Balaban J connectivity index is 2.65. The van der Waals surface area contributed by atoms with Gasteiger partial charge in [0.15, 0.2) is 0 Å². The maximum atomic E-state index is 5.74. The summed E-state index contributed by atoms with van der Waals surface area (Å²) < 4.78 is 0. The van der Waals surface area contributed by atoms with Crippen LogP contribution in [0.15, 0.2) is 24.3 Å². The number of nitrogens with zero attached hydrogens (tertiary/aromatic N) is 1. The lowest BCUT2D eigenvalue weighted by atomic mass is 9.89. The van der Waals surface area contributed by atoms with Gasteiger partial charge in [0, 0.05) is 24.7 Å². The maximum absolute atomic E-state index is 5.74. The van der Waals surface area contributed by atoms with Crippen molar-refractivity contribution in [3.05, 3.63) is 29.8 Å². The third-order valence-corrected chi connectivity index (χ3v) is 3.82. The van der Waals surface area contributed by atoms with Crippen LogP contribution < -0.4 is 10.6 Å². The first-order chi connectivity index (χ1) is 7.84. The zero-order valence-corrected chi connectivity index (χ0v) is 12.0. The van der Waals surface area contributed by atoms with E-state index in [1.165, 1.54) is 11.3 Å². The lowest BCUT2D eigenvalue weighted by molar-refractivity contribution is 0.481. The van der Waals surface area contributed by atoms with E-state index >= 15 is 0 Å². The Kier molecular flexibility index (Phi) is 4.52. The predicted octanol–water partition coefficient (Wildman–Crippen LogP) is 3.13. The van der Waals surface area contributed by atoms with Crippen molar-refractivity contribution in [2.45, 2.75) is 27.2 Å². The van der Waals surface area contributed by atoms with Gasteiger partial charge in [-0.25, -0.2) is 0 Å². The fourth-order valence-corrected chi connectivity index (χ4v) is 1.78. The zero-order valence-electron chi connectivity index (χ0n) is 11.2. The molecule has 0 atom stereocenters. The van der Waals surface area contributed by atoms with Gasteiger partial charge in [-0.15, -0.1) is 0 Å². The van der Waals surface area contributed by atoms with E-state index in [1.807, 2.05) is 0 Å². The minimum atomic E-state index is -0.0771. The summed E-state index contributed by atoms with van der Waals surface area (Å²) in [5, 5.41) is 0. The highest BCUT2D eigenvalue weighted by molar-refractivity contribution is 7.80. The van der Waals surface area contributed by atoms with Crippen LogP contribution in [0.5, 0.6) is 0 Å². The quantitative estimate of drug-likeness (QED) is 0.814. The molecular formula is C14H22N2S. The highest BCUT2D eigenvalue weighted by atomic mass is 32.1. The number of aryl methyl sites for hydroxylation is 1. The van der Waals surface area contributed by atoms with E-state index in [0.717, 1.165) is 13.0 Å². The lowest BCUT2D eigenvalue weighted by Gasteiger charge is -2.28. The van der Waals surface area contributed by atoms with Crippen molar-refractivity contribution in [1.29, 1.82) is 0 Å². The molecule has 0 bridgehead atoms. The largest absolute Gasteiger partial charge is 0.393 e. The summed E-state index contributed by atoms with van der Waals surface area (Å²) in [4.78, 5) is 2.85. The van der Waals surface area contributed by atoms with E-state index in [4.69, 9.17) is 18.0 Å². The molecule has 0 heterocycles. The molecule has 3 heteroatoms. The normalized spacial score (nSPS) is 11.3. The van der Waals surface area contributed by atoms with Crippen LogP contribution >= 0.6 is 12.2 Å². The van der Waals surface area contributed by atoms with Gasteiger partial charge in [-0.3, -0.25) is 0 Å². The zero-order chi connectivity index (χ0) is 13.1. The van der Waals surface area contributed by atoms with Crippen molar-refractivity contribution < 1.29 is 0 Å². The molecular weight excluding hydrogens is 228 g/mol. The monoisotopic (exact) mass is 250 g/mol. The Morgan fingerprint density at radius 1 is 1.35 bits per heavy atom. The topological polar surface area (TPSA) is 29.3 Å². The van der Waals surface area contributed by atoms with E-state index in [-0.39, 0.29) is 5.41 Å². The number of anilines is 1. The van der Waals surface area contributed by atoms with Crippen molar-refractivity contribution in [3.8, 4) is 0 Å². The molecule has 2 N–H and O–H groups in total. The molecule has 0 saturated carbocycles. The van der Waals surface area contributed by atoms with Crippen molar-refractivity contribution in [2.24, 2.45) is 11.1 Å². The first kappa shape index (κ1) is 14.0. The molecule has 1 aromatic rings. The number of thiocarbonyl (C=S) groups is 1. The maximum Gasteiger partial charge on any atom is 0.0785 e. The molecule has 0 aliphatic heterocycles. The van der Waals surface area contributed by atoms with E-state index < -0.39 is 0 Å². The molecule has 0 amide bonds. The number of nitrogens with two attached hydrogens (primary N) is 1. The van der Waals surface area contributed by atoms with Gasteiger partial charge in [-0.05, 0) is 25.0 Å². The Bertz CT molecular complexity index is 399. The summed E-state index contributed by atoms with van der Waals surface area (Å²) in [6.07, 6.45) is 0.965. The van der Waals surface area contributed by atoms with Gasteiger partial charge in [-0.1, -0.05) is 44.3 Å². The molecule has 0 saturated heterocycles. The first-order valence-corrected chi connectivity index (χ1v) is 6.32. The Morgan fingerprint density at radius 3 is 2.47 bits per heavy atom. The lowest BCUT2D eigenvalue weighted by Crippen LogP contribution is -2.33.